The summed E-state index contributed by atoms with van der Waals surface area (Å²) >= 11 is 0. The first-order valence-corrected chi connectivity index (χ1v) is 15.7. The molecule has 3 aliphatic heterocycles. The molecule has 8 heteroatoms. The molecule has 0 saturated carbocycles. The number of likely N-dealkylation sites (tertiary alicyclic amines) is 1. The highest BCUT2D eigenvalue weighted by atomic mass is 16.5. The summed E-state index contributed by atoms with van der Waals surface area (Å²) in [6.45, 7) is 14.8. The molecule has 3 aliphatic rings. The van der Waals surface area contributed by atoms with Gasteiger partial charge in [0.2, 0.25) is 17.7 Å². The Morgan fingerprint density at radius 1 is 1.05 bits per heavy atom. The quantitative estimate of drug-likeness (QED) is 0.346. The number of ether oxygens (including phenoxy) is 1. The van der Waals surface area contributed by atoms with Crippen molar-refractivity contribution in [2.75, 3.05) is 26.2 Å². The van der Waals surface area contributed by atoms with Gasteiger partial charge in [-0.2, -0.15) is 0 Å². The Hall–Kier alpha value is -3.75. The van der Waals surface area contributed by atoms with Crippen molar-refractivity contribution < 1.29 is 24.2 Å². The fourth-order valence-electron chi connectivity index (χ4n) is 7.98. The van der Waals surface area contributed by atoms with E-state index in [2.05, 4.69) is 13.2 Å². The van der Waals surface area contributed by atoms with Crippen molar-refractivity contribution in [2.45, 2.75) is 63.4 Å². The molecule has 1 spiro atoms. The van der Waals surface area contributed by atoms with Crippen LogP contribution in [0, 0.1) is 17.8 Å². The summed E-state index contributed by atoms with van der Waals surface area (Å²) in [5.74, 6) is -2.48. The minimum Gasteiger partial charge on any atom is -0.394 e. The van der Waals surface area contributed by atoms with Crippen LogP contribution < -0.4 is 0 Å². The number of carbonyl (C=O) groups excluding carboxylic acids is 3. The van der Waals surface area contributed by atoms with Gasteiger partial charge in [0, 0.05) is 26.2 Å². The summed E-state index contributed by atoms with van der Waals surface area (Å²) in [4.78, 5) is 49.1. The summed E-state index contributed by atoms with van der Waals surface area (Å²) in [6.07, 6.45) is 4.59. The lowest BCUT2D eigenvalue weighted by Crippen LogP contribution is -2.57. The second-order valence-electron chi connectivity index (χ2n) is 12.6. The Kier molecular flexibility index (Phi) is 9.14. The fourth-order valence-corrected chi connectivity index (χ4v) is 7.98. The van der Waals surface area contributed by atoms with Crippen LogP contribution in [0.3, 0.4) is 0 Å². The molecule has 44 heavy (non-hydrogen) atoms. The zero-order chi connectivity index (χ0) is 31.6. The molecule has 2 bridgehead atoms. The lowest BCUT2D eigenvalue weighted by molar-refractivity contribution is -0.158. The molecule has 2 aromatic carbocycles. The molecule has 3 amide bonds. The monoisotopic (exact) mass is 599 g/mol. The highest BCUT2D eigenvalue weighted by Gasteiger charge is 2.80. The fraction of sp³-hybridized carbons (Fsp3) is 0.472. The first-order valence-electron chi connectivity index (χ1n) is 15.7. The molecule has 3 fully saturated rings. The van der Waals surface area contributed by atoms with Crippen molar-refractivity contribution in [3.8, 4) is 0 Å². The third kappa shape index (κ3) is 5.08. The number of benzene rings is 2. The van der Waals surface area contributed by atoms with E-state index in [0.29, 0.717) is 31.6 Å². The molecule has 1 N–H and O–H groups in total. The SMILES string of the molecule is C=CCN(Cc1ccccc1)C(=O)C1N([C@H](CO)c2ccccc2)C(=O)[C@@H]2[C@H](C(=O)N(CC=C)CCC)[C@@]3(C)OC12CC3C. The van der Waals surface area contributed by atoms with E-state index in [1.165, 1.54) is 0 Å². The Balaban J connectivity index is 1.65. The van der Waals surface area contributed by atoms with Crippen LogP contribution in [0.4, 0.5) is 0 Å². The minimum absolute atomic E-state index is 0.0887. The average Bonchev–Trinajstić information content (AvgIpc) is 3.54. The van der Waals surface area contributed by atoms with E-state index < -0.39 is 35.1 Å². The number of aliphatic hydroxyl groups excluding tert-OH is 1. The molecule has 0 radical (unpaired) electrons. The van der Waals surface area contributed by atoms with Crippen molar-refractivity contribution in [3.63, 3.8) is 0 Å². The van der Waals surface area contributed by atoms with Crippen LogP contribution in [0.1, 0.15) is 50.8 Å². The standard InChI is InChI=1S/C36H45N3O5/c1-6-19-37(20-7-2)32(41)29-30-33(42)39(28(24-40)27-17-13-10-14-18-27)31(36(30)22-25(4)35(29,5)44-36)34(43)38(21-8-3)23-26-15-11-9-12-16-26/h6,8-18,25,28-31,40H,1,3,7,19-24H2,2,4-5H3/t25?,28-,29-,30+,31?,35+,36?/m1/s1. The van der Waals surface area contributed by atoms with Crippen LogP contribution in [0.15, 0.2) is 86.0 Å². The molecule has 5 rings (SSSR count). The van der Waals surface area contributed by atoms with E-state index >= 15 is 0 Å². The summed E-state index contributed by atoms with van der Waals surface area (Å²) < 4.78 is 6.98. The molecule has 3 saturated heterocycles. The van der Waals surface area contributed by atoms with Crippen LogP contribution in [-0.2, 0) is 25.7 Å². The third-order valence-corrected chi connectivity index (χ3v) is 9.98. The van der Waals surface area contributed by atoms with E-state index in [9.17, 15) is 19.5 Å². The number of nitrogens with zero attached hydrogens (tertiary/aromatic N) is 3. The summed E-state index contributed by atoms with van der Waals surface area (Å²) in [6, 6.07) is 17.1. The summed E-state index contributed by atoms with van der Waals surface area (Å²) in [5, 5.41) is 10.8. The zero-order valence-corrected chi connectivity index (χ0v) is 26.1. The Bertz CT molecular complexity index is 1380. The normalized spacial score (nSPS) is 29.3. The minimum atomic E-state index is -1.23. The summed E-state index contributed by atoms with van der Waals surface area (Å²) in [7, 11) is 0. The Morgan fingerprint density at radius 2 is 1.66 bits per heavy atom. The second-order valence-corrected chi connectivity index (χ2v) is 12.6. The van der Waals surface area contributed by atoms with Gasteiger partial charge in [-0.1, -0.05) is 86.7 Å². The number of carbonyl (C=O) groups is 3. The molecule has 3 heterocycles. The summed E-state index contributed by atoms with van der Waals surface area (Å²) in [5.41, 5.74) is -0.502. The van der Waals surface area contributed by atoms with Crippen LogP contribution in [0.2, 0.25) is 0 Å². The maximum Gasteiger partial charge on any atom is 0.249 e. The van der Waals surface area contributed by atoms with Gasteiger partial charge in [0.05, 0.1) is 30.1 Å². The van der Waals surface area contributed by atoms with Gasteiger partial charge in [0.1, 0.15) is 11.6 Å². The highest BCUT2D eigenvalue weighted by molar-refractivity contribution is 5.99. The predicted octanol–water partition coefficient (Wildman–Crippen LogP) is 4.37. The van der Waals surface area contributed by atoms with Gasteiger partial charge < -0.3 is 24.5 Å². The molecular formula is C36H45N3O5. The molecule has 0 aromatic heterocycles. The van der Waals surface area contributed by atoms with E-state index in [0.717, 1.165) is 12.0 Å². The smallest absolute Gasteiger partial charge is 0.249 e. The molecule has 7 atom stereocenters. The molecule has 0 aliphatic carbocycles. The zero-order valence-electron chi connectivity index (χ0n) is 26.1. The van der Waals surface area contributed by atoms with E-state index in [1.54, 1.807) is 26.9 Å². The van der Waals surface area contributed by atoms with Crippen LogP contribution >= 0.6 is 0 Å². The van der Waals surface area contributed by atoms with Gasteiger partial charge >= 0.3 is 0 Å². The van der Waals surface area contributed by atoms with E-state index in [1.807, 2.05) is 81.4 Å². The number of fused-ring (bicyclic) bond motifs is 1. The van der Waals surface area contributed by atoms with Crippen molar-refractivity contribution in [3.05, 3.63) is 97.1 Å². The van der Waals surface area contributed by atoms with Gasteiger partial charge in [-0.3, -0.25) is 14.4 Å². The van der Waals surface area contributed by atoms with Gasteiger partial charge in [0.25, 0.3) is 0 Å². The molecule has 8 nitrogen and oxygen atoms in total. The van der Waals surface area contributed by atoms with Crippen LogP contribution in [-0.4, -0.2) is 81.0 Å². The Labute approximate surface area is 261 Å². The molecule has 3 unspecified atom stereocenters. The number of rotatable bonds is 13. The van der Waals surface area contributed by atoms with Gasteiger partial charge in [0.15, 0.2) is 0 Å². The number of aliphatic hydroxyl groups is 1. The lowest BCUT2D eigenvalue weighted by Gasteiger charge is -2.39. The van der Waals surface area contributed by atoms with E-state index in [4.69, 9.17) is 4.74 Å². The van der Waals surface area contributed by atoms with Crippen molar-refractivity contribution in [1.82, 2.24) is 14.7 Å². The lowest BCUT2D eigenvalue weighted by atomic mass is 9.62. The van der Waals surface area contributed by atoms with Crippen molar-refractivity contribution in [1.29, 1.82) is 0 Å². The maximum absolute atomic E-state index is 14.9. The topological polar surface area (TPSA) is 90.4 Å². The molecule has 234 valence electrons. The van der Waals surface area contributed by atoms with Crippen LogP contribution in [0.5, 0.6) is 0 Å². The molecule has 2 aromatic rings. The van der Waals surface area contributed by atoms with Gasteiger partial charge in [-0.05, 0) is 36.8 Å². The van der Waals surface area contributed by atoms with Crippen LogP contribution in [0.25, 0.3) is 0 Å². The Morgan fingerprint density at radius 3 is 2.25 bits per heavy atom. The predicted molar refractivity (Wildman–Crippen MR) is 169 cm³/mol. The average molecular weight is 600 g/mol. The second kappa shape index (κ2) is 12.7. The van der Waals surface area contributed by atoms with E-state index in [-0.39, 0.29) is 36.8 Å². The largest absolute Gasteiger partial charge is 0.394 e. The first-order chi connectivity index (χ1) is 21.2. The number of hydrogen-bond acceptors (Lipinski definition) is 5. The van der Waals surface area contributed by atoms with Gasteiger partial charge in [-0.25, -0.2) is 0 Å². The highest BCUT2D eigenvalue weighted by Crippen LogP contribution is 2.66. The third-order valence-electron chi connectivity index (χ3n) is 9.98. The van der Waals surface area contributed by atoms with Crippen molar-refractivity contribution >= 4 is 17.7 Å². The number of hydrogen-bond donors (Lipinski definition) is 1. The van der Waals surface area contributed by atoms with Crippen molar-refractivity contribution in [2.24, 2.45) is 17.8 Å². The molecular weight excluding hydrogens is 554 g/mol. The maximum atomic E-state index is 14.9. The first kappa shape index (κ1) is 31.7. The van der Waals surface area contributed by atoms with Gasteiger partial charge in [-0.15, -0.1) is 13.2 Å². The number of amides is 3.